The first-order chi connectivity index (χ1) is 9.03. The lowest BCUT2D eigenvalue weighted by Crippen LogP contribution is -2.09. The number of nitrogens with zero attached hydrogens (tertiary/aromatic N) is 2. The van der Waals surface area contributed by atoms with E-state index in [9.17, 15) is 8.42 Å². The van der Waals surface area contributed by atoms with Crippen molar-refractivity contribution >= 4 is 21.4 Å². The summed E-state index contributed by atoms with van der Waals surface area (Å²) in [7, 11) is -3.23. The van der Waals surface area contributed by atoms with Crippen molar-refractivity contribution in [1.82, 2.24) is 9.97 Å². The molecule has 2 N–H and O–H groups in total. The average molecular weight is 278 g/mol. The van der Waals surface area contributed by atoms with Gasteiger partial charge in [-0.05, 0) is 30.3 Å². The Hall–Kier alpha value is -2.15. The van der Waals surface area contributed by atoms with Crippen LogP contribution in [0.2, 0.25) is 0 Å². The highest BCUT2D eigenvalue weighted by Crippen LogP contribution is 2.14. The molecular weight excluding hydrogens is 264 g/mol. The highest BCUT2D eigenvalue weighted by atomic mass is 32.2. The third-order valence-corrected chi connectivity index (χ3v) is 2.91. The molecule has 1 aromatic heterocycles. The van der Waals surface area contributed by atoms with Crippen LogP contribution in [-0.2, 0) is 16.6 Å². The monoisotopic (exact) mass is 278 g/mol. The highest BCUT2D eigenvalue weighted by Gasteiger charge is 2.01. The van der Waals surface area contributed by atoms with Crippen LogP contribution in [0.4, 0.5) is 11.4 Å². The van der Waals surface area contributed by atoms with Gasteiger partial charge in [-0.25, -0.2) is 18.4 Å². The van der Waals surface area contributed by atoms with Gasteiger partial charge in [0.1, 0.15) is 6.33 Å². The molecule has 0 saturated heterocycles. The summed E-state index contributed by atoms with van der Waals surface area (Å²) >= 11 is 0. The minimum absolute atomic E-state index is 0.537. The van der Waals surface area contributed by atoms with Crippen molar-refractivity contribution in [3.63, 3.8) is 0 Å². The fraction of sp³-hybridized carbons (Fsp3) is 0.167. The van der Waals surface area contributed by atoms with Gasteiger partial charge in [-0.15, -0.1) is 0 Å². The van der Waals surface area contributed by atoms with Crippen LogP contribution in [0.25, 0.3) is 0 Å². The summed E-state index contributed by atoms with van der Waals surface area (Å²) < 4.78 is 24.5. The van der Waals surface area contributed by atoms with Crippen LogP contribution >= 0.6 is 0 Å². The maximum atomic E-state index is 11.1. The summed E-state index contributed by atoms with van der Waals surface area (Å²) in [6, 6.07) is 8.82. The second kappa shape index (κ2) is 5.66. The molecule has 0 fully saturated rings. The molecule has 0 aliphatic carbocycles. The Morgan fingerprint density at radius 3 is 2.37 bits per heavy atom. The summed E-state index contributed by atoms with van der Waals surface area (Å²) in [6.45, 7) is 0.585. The maximum absolute atomic E-state index is 11.1. The summed E-state index contributed by atoms with van der Waals surface area (Å²) in [5, 5.41) is 3.18. The van der Waals surface area contributed by atoms with Crippen molar-refractivity contribution in [3.05, 3.63) is 48.5 Å². The van der Waals surface area contributed by atoms with Gasteiger partial charge in [-0.1, -0.05) is 0 Å². The largest absolute Gasteiger partial charge is 0.379 e. The smallest absolute Gasteiger partial charge is 0.229 e. The lowest BCUT2D eigenvalue weighted by Gasteiger charge is -2.07. The molecule has 6 nitrogen and oxygen atoms in total. The van der Waals surface area contributed by atoms with E-state index in [1.54, 1.807) is 30.5 Å². The topological polar surface area (TPSA) is 84.0 Å². The van der Waals surface area contributed by atoms with Crippen LogP contribution in [0, 0.1) is 0 Å². The quantitative estimate of drug-likeness (QED) is 0.865. The Balaban J connectivity index is 1.96. The SMILES string of the molecule is CS(=O)(=O)Nc1ccc(NCc2ccncn2)cc1. The summed E-state index contributed by atoms with van der Waals surface area (Å²) in [6.07, 6.45) is 4.30. The van der Waals surface area contributed by atoms with Crippen molar-refractivity contribution in [1.29, 1.82) is 0 Å². The molecule has 0 amide bonds. The van der Waals surface area contributed by atoms with Crippen LogP contribution in [0.5, 0.6) is 0 Å². The molecule has 7 heteroatoms. The Labute approximate surface area is 112 Å². The number of anilines is 2. The molecule has 19 heavy (non-hydrogen) atoms. The Morgan fingerprint density at radius 2 is 1.79 bits per heavy atom. The van der Waals surface area contributed by atoms with E-state index in [4.69, 9.17) is 0 Å². The number of hydrogen-bond acceptors (Lipinski definition) is 5. The van der Waals surface area contributed by atoms with Crippen molar-refractivity contribution < 1.29 is 8.42 Å². The fourth-order valence-corrected chi connectivity index (χ4v) is 2.05. The predicted molar refractivity (Wildman–Crippen MR) is 74.3 cm³/mol. The molecule has 0 saturated carbocycles. The zero-order chi connectivity index (χ0) is 13.7. The van der Waals surface area contributed by atoms with Gasteiger partial charge in [0.25, 0.3) is 0 Å². The third-order valence-electron chi connectivity index (χ3n) is 2.30. The van der Waals surface area contributed by atoms with Gasteiger partial charge in [0.2, 0.25) is 10.0 Å². The fourth-order valence-electron chi connectivity index (χ4n) is 1.49. The molecule has 0 spiro atoms. The van der Waals surface area contributed by atoms with Gasteiger partial charge in [-0.3, -0.25) is 4.72 Å². The van der Waals surface area contributed by atoms with Gasteiger partial charge in [0.05, 0.1) is 18.5 Å². The molecule has 0 radical (unpaired) electrons. The van der Waals surface area contributed by atoms with E-state index in [-0.39, 0.29) is 0 Å². The first-order valence-corrected chi connectivity index (χ1v) is 7.49. The van der Waals surface area contributed by atoms with E-state index in [2.05, 4.69) is 20.0 Å². The highest BCUT2D eigenvalue weighted by molar-refractivity contribution is 7.92. The Kier molecular flexibility index (Phi) is 3.96. The molecule has 100 valence electrons. The molecule has 1 heterocycles. The lowest BCUT2D eigenvalue weighted by molar-refractivity contribution is 0.607. The minimum Gasteiger partial charge on any atom is -0.379 e. The zero-order valence-electron chi connectivity index (χ0n) is 10.4. The van der Waals surface area contributed by atoms with Crippen LogP contribution in [-0.4, -0.2) is 24.6 Å². The van der Waals surface area contributed by atoms with E-state index in [1.165, 1.54) is 6.33 Å². The summed E-state index contributed by atoms with van der Waals surface area (Å²) in [5.41, 5.74) is 2.31. The number of nitrogens with one attached hydrogen (secondary N) is 2. The van der Waals surface area contributed by atoms with E-state index >= 15 is 0 Å². The number of hydrogen-bond donors (Lipinski definition) is 2. The van der Waals surface area contributed by atoms with E-state index in [0.29, 0.717) is 12.2 Å². The molecule has 0 aliphatic rings. The van der Waals surface area contributed by atoms with Crippen molar-refractivity contribution in [3.8, 4) is 0 Å². The van der Waals surface area contributed by atoms with Crippen LogP contribution in [0.3, 0.4) is 0 Å². The molecule has 1 aromatic carbocycles. The first kappa shape index (κ1) is 13.3. The Morgan fingerprint density at radius 1 is 1.11 bits per heavy atom. The van der Waals surface area contributed by atoms with Crippen molar-refractivity contribution in [2.75, 3.05) is 16.3 Å². The van der Waals surface area contributed by atoms with Crippen molar-refractivity contribution in [2.45, 2.75) is 6.54 Å². The predicted octanol–water partition coefficient (Wildman–Crippen LogP) is 1.46. The third kappa shape index (κ3) is 4.55. The molecule has 2 aromatic rings. The average Bonchev–Trinajstić information content (AvgIpc) is 2.37. The normalized spacial score (nSPS) is 11.0. The summed E-state index contributed by atoms with van der Waals surface area (Å²) in [4.78, 5) is 7.94. The van der Waals surface area contributed by atoms with Crippen LogP contribution in [0.1, 0.15) is 5.69 Å². The number of aromatic nitrogens is 2. The zero-order valence-corrected chi connectivity index (χ0v) is 11.2. The maximum Gasteiger partial charge on any atom is 0.229 e. The van der Waals surface area contributed by atoms with Gasteiger partial charge >= 0.3 is 0 Å². The van der Waals surface area contributed by atoms with Crippen LogP contribution < -0.4 is 10.0 Å². The molecule has 0 aliphatic heterocycles. The molecule has 0 unspecified atom stereocenters. The minimum atomic E-state index is -3.23. The standard InChI is InChI=1S/C12H14N4O2S/c1-19(17,18)16-11-4-2-10(3-5-11)14-8-12-6-7-13-9-15-12/h2-7,9,14,16H,8H2,1H3. The van der Waals surface area contributed by atoms with Gasteiger partial charge in [0, 0.05) is 17.6 Å². The number of benzene rings is 1. The van der Waals surface area contributed by atoms with E-state index in [1.807, 2.05) is 6.07 Å². The summed E-state index contributed by atoms with van der Waals surface area (Å²) in [5.74, 6) is 0. The number of sulfonamides is 1. The van der Waals surface area contributed by atoms with Gasteiger partial charge in [0.15, 0.2) is 0 Å². The molecule has 2 rings (SSSR count). The molecular formula is C12H14N4O2S. The van der Waals surface area contributed by atoms with E-state index < -0.39 is 10.0 Å². The second-order valence-corrected chi connectivity index (χ2v) is 5.75. The molecule has 0 atom stereocenters. The van der Waals surface area contributed by atoms with Crippen LogP contribution in [0.15, 0.2) is 42.9 Å². The first-order valence-electron chi connectivity index (χ1n) is 5.59. The van der Waals surface area contributed by atoms with Crippen molar-refractivity contribution in [2.24, 2.45) is 0 Å². The number of rotatable bonds is 5. The van der Waals surface area contributed by atoms with E-state index in [0.717, 1.165) is 17.6 Å². The van der Waals surface area contributed by atoms with Gasteiger partial charge < -0.3 is 5.32 Å². The van der Waals surface area contributed by atoms with Gasteiger partial charge in [-0.2, -0.15) is 0 Å². The Bertz CT molecular complexity index is 627. The molecule has 0 bridgehead atoms. The lowest BCUT2D eigenvalue weighted by atomic mass is 10.3. The second-order valence-electron chi connectivity index (χ2n) is 4.01.